The summed E-state index contributed by atoms with van der Waals surface area (Å²) in [7, 11) is 1.61. The molecule has 1 amide bonds. The molecule has 1 fully saturated rings. The molecular weight excluding hydrogens is 368 g/mol. The number of hydrogen-bond donors (Lipinski definition) is 1. The van der Waals surface area contributed by atoms with Crippen LogP contribution in [0.5, 0.6) is 5.75 Å². The summed E-state index contributed by atoms with van der Waals surface area (Å²) in [5.74, 6) is 1.97. The second kappa shape index (κ2) is 8.30. The maximum atomic E-state index is 12.9. The van der Waals surface area contributed by atoms with Gasteiger partial charge in [0.1, 0.15) is 5.75 Å². The lowest BCUT2D eigenvalue weighted by Gasteiger charge is -2.32. The number of carbonyl (C=O) groups excluding carboxylic acids is 1. The highest BCUT2D eigenvalue weighted by Gasteiger charge is 2.27. The van der Waals surface area contributed by atoms with E-state index in [4.69, 9.17) is 4.74 Å². The minimum Gasteiger partial charge on any atom is -0.495 e. The third-order valence-electron chi connectivity index (χ3n) is 5.10. The molecule has 1 N–H and O–H groups in total. The predicted molar refractivity (Wildman–Crippen MR) is 110 cm³/mol. The van der Waals surface area contributed by atoms with Crippen LogP contribution in [0.25, 0.3) is 5.82 Å². The van der Waals surface area contributed by atoms with E-state index in [1.54, 1.807) is 18.0 Å². The molecule has 0 unspecified atom stereocenters. The van der Waals surface area contributed by atoms with Gasteiger partial charge in [-0.25, -0.2) is 4.68 Å². The van der Waals surface area contributed by atoms with Gasteiger partial charge in [0, 0.05) is 25.5 Å². The lowest BCUT2D eigenvalue weighted by atomic mass is 9.97. The molecule has 8 heteroatoms. The van der Waals surface area contributed by atoms with E-state index in [-0.39, 0.29) is 11.8 Å². The number of aryl methyl sites for hydroxylation is 1. The summed E-state index contributed by atoms with van der Waals surface area (Å²) >= 11 is 0. The summed E-state index contributed by atoms with van der Waals surface area (Å²) in [6.07, 6.45) is 5.29. The normalized spacial score (nSPS) is 16.5. The number of rotatable bonds is 5. The highest BCUT2D eigenvalue weighted by molar-refractivity contribution is 5.94. The minimum atomic E-state index is -0.124. The van der Waals surface area contributed by atoms with Gasteiger partial charge < -0.3 is 15.0 Å². The number of piperidine rings is 1. The van der Waals surface area contributed by atoms with Crippen molar-refractivity contribution in [2.75, 3.05) is 30.4 Å². The maximum absolute atomic E-state index is 12.9. The van der Waals surface area contributed by atoms with Crippen molar-refractivity contribution in [1.29, 1.82) is 0 Å². The molecule has 2 aromatic heterocycles. The third kappa shape index (κ3) is 4.21. The van der Waals surface area contributed by atoms with Gasteiger partial charge in [0.2, 0.25) is 5.91 Å². The van der Waals surface area contributed by atoms with E-state index >= 15 is 0 Å². The molecule has 0 bridgehead atoms. The zero-order chi connectivity index (χ0) is 20.2. The first-order valence-corrected chi connectivity index (χ1v) is 9.68. The molecule has 8 nitrogen and oxygen atoms in total. The summed E-state index contributed by atoms with van der Waals surface area (Å²) in [5, 5.41) is 15.8. The molecule has 1 saturated heterocycles. The van der Waals surface area contributed by atoms with E-state index in [1.165, 1.54) is 0 Å². The lowest BCUT2D eigenvalue weighted by Crippen LogP contribution is -2.41. The molecule has 1 aliphatic heterocycles. The molecule has 3 aromatic rings. The molecular formula is C21H24N6O2. The Morgan fingerprint density at radius 1 is 1.21 bits per heavy atom. The molecule has 0 aliphatic carbocycles. The van der Waals surface area contributed by atoms with Crippen molar-refractivity contribution in [2.24, 2.45) is 5.92 Å². The number of nitrogens with zero attached hydrogens (tertiary/aromatic N) is 5. The van der Waals surface area contributed by atoms with Gasteiger partial charge in [-0.2, -0.15) is 5.10 Å². The number of benzene rings is 1. The van der Waals surface area contributed by atoms with Gasteiger partial charge in [-0.15, -0.1) is 10.2 Å². The molecule has 29 heavy (non-hydrogen) atoms. The fourth-order valence-electron chi connectivity index (χ4n) is 3.57. The molecule has 1 aliphatic rings. The third-order valence-corrected chi connectivity index (χ3v) is 5.10. The van der Waals surface area contributed by atoms with Crippen molar-refractivity contribution in [3.63, 3.8) is 0 Å². The summed E-state index contributed by atoms with van der Waals surface area (Å²) in [6, 6.07) is 11.4. The first-order chi connectivity index (χ1) is 14.1. The van der Waals surface area contributed by atoms with Crippen LogP contribution in [-0.4, -0.2) is 46.1 Å². The van der Waals surface area contributed by atoms with Crippen LogP contribution >= 0.6 is 0 Å². The Morgan fingerprint density at radius 2 is 2.03 bits per heavy atom. The lowest BCUT2D eigenvalue weighted by molar-refractivity contribution is -0.120. The van der Waals surface area contributed by atoms with Crippen LogP contribution in [-0.2, 0) is 4.79 Å². The topological polar surface area (TPSA) is 85.2 Å². The Kier molecular flexibility index (Phi) is 5.41. The van der Waals surface area contributed by atoms with E-state index in [2.05, 4.69) is 25.5 Å². The number of nitrogens with one attached hydrogen (secondary N) is 1. The van der Waals surface area contributed by atoms with Crippen LogP contribution in [0.15, 0.2) is 48.8 Å². The summed E-state index contributed by atoms with van der Waals surface area (Å²) < 4.78 is 7.04. The van der Waals surface area contributed by atoms with E-state index in [1.807, 2.05) is 49.5 Å². The minimum absolute atomic E-state index is 0.000259. The molecule has 3 heterocycles. The van der Waals surface area contributed by atoms with E-state index in [9.17, 15) is 4.79 Å². The van der Waals surface area contributed by atoms with Gasteiger partial charge in [-0.05, 0) is 55.7 Å². The van der Waals surface area contributed by atoms with Gasteiger partial charge in [-0.3, -0.25) is 4.79 Å². The molecule has 1 atom stereocenters. The average Bonchev–Trinajstić information content (AvgIpc) is 3.29. The number of hydrogen-bond acceptors (Lipinski definition) is 6. The number of anilines is 2. The SMILES string of the molecule is COc1ccc(C)cc1NC(=O)[C@H]1CCCN(c2ccc(-n3cccn3)nn2)C1. The van der Waals surface area contributed by atoms with Gasteiger partial charge >= 0.3 is 0 Å². The molecule has 150 valence electrons. The molecule has 1 aromatic carbocycles. The number of amides is 1. The highest BCUT2D eigenvalue weighted by atomic mass is 16.5. The van der Waals surface area contributed by atoms with Gasteiger partial charge in [0.15, 0.2) is 11.6 Å². The smallest absolute Gasteiger partial charge is 0.229 e. The Labute approximate surface area is 169 Å². The van der Waals surface area contributed by atoms with Crippen molar-refractivity contribution in [3.8, 4) is 11.6 Å². The van der Waals surface area contributed by atoms with E-state index < -0.39 is 0 Å². The zero-order valence-electron chi connectivity index (χ0n) is 16.6. The summed E-state index contributed by atoms with van der Waals surface area (Å²) in [6.45, 7) is 3.45. The first-order valence-electron chi connectivity index (χ1n) is 9.68. The van der Waals surface area contributed by atoms with Crippen LogP contribution in [0.2, 0.25) is 0 Å². The van der Waals surface area contributed by atoms with Crippen LogP contribution in [0.3, 0.4) is 0 Å². The zero-order valence-corrected chi connectivity index (χ0v) is 16.6. The maximum Gasteiger partial charge on any atom is 0.229 e. The highest BCUT2D eigenvalue weighted by Crippen LogP contribution is 2.28. The van der Waals surface area contributed by atoms with Crippen LogP contribution in [0, 0.1) is 12.8 Å². The summed E-state index contributed by atoms with van der Waals surface area (Å²) in [4.78, 5) is 15.0. The second-order valence-electron chi connectivity index (χ2n) is 7.18. The van der Waals surface area contributed by atoms with Gasteiger partial charge in [0.05, 0.1) is 18.7 Å². The molecule has 0 saturated carbocycles. The number of aromatic nitrogens is 4. The van der Waals surface area contributed by atoms with Crippen molar-refractivity contribution >= 4 is 17.4 Å². The van der Waals surface area contributed by atoms with E-state index in [0.29, 0.717) is 23.8 Å². The van der Waals surface area contributed by atoms with Crippen LogP contribution in [0.1, 0.15) is 18.4 Å². The number of methoxy groups -OCH3 is 1. The predicted octanol–water partition coefficient (Wildman–Crippen LogP) is 2.83. The fraction of sp³-hybridized carbons (Fsp3) is 0.333. The molecule has 0 radical (unpaired) electrons. The Balaban J connectivity index is 1.44. The quantitative estimate of drug-likeness (QED) is 0.719. The van der Waals surface area contributed by atoms with Crippen molar-refractivity contribution in [2.45, 2.75) is 19.8 Å². The molecule has 4 rings (SSSR count). The van der Waals surface area contributed by atoms with Crippen LogP contribution in [0.4, 0.5) is 11.5 Å². The van der Waals surface area contributed by atoms with E-state index in [0.717, 1.165) is 30.8 Å². The van der Waals surface area contributed by atoms with Gasteiger partial charge in [0.25, 0.3) is 0 Å². The standard InChI is InChI=1S/C21H24N6O2/c1-15-6-7-18(29-2)17(13-15)23-21(28)16-5-3-11-26(14-16)19-8-9-20(25-24-19)27-12-4-10-22-27/h4,6-10,12-13,16H,3,5,11,14H2,1-2H3,(H,23,28)/t16-/m0/s1. The van der Waals surface area contributed by atoms with Gasteiger partial charge in [-0.1, -0.05) is 6.07 Å². The van der Waals surface area contributed by atoms with Crippen molar-refractivity contribution in [1.82, 2.24) is 20.0 Å². The number of ether oxygens (including phenoxy) is 1. The monoisotopic (exact) mass is 392 g/mol. The first kappa shape index (κ1) is 18.9. The largest absolute Gasteiger partial charge is 0.495 e. The molecule has 0 spiro atoms. The van der Waals surface area contributed by atoms with Crippen LogP contribution < -0.4 is 15.0 Å². The number of carbonyl (C=O) groups is 1. The average molecular weight is 392 g/mol. The Morgan fingerprint density at radius 3 is 2.76 bits per heavy atom. The fourth-order valence-corrected chi connectivity index (χ4v) is 3.57. The second-order valence-corrected chi connectivity index (χ2v) is 7.18. The Hall–Kier alpha value is -3.42. The van der Waals surface area contributed by atoms with Crippen molar-refractivity contribution < 1.29 is 9.53 Å². The van der Waals surface area contributed by atoms with Crippen molar-refractivity contribution in [3.05, 3.63) is 54.4 Å². The Bertz CT molecular complexity index is 971. The summed E-state index contributed by atoms with van der Waals surface area (Å²) in [5.41, 5.74) is 1.77.